The summed E-state index contributed by atoms with van der Waals surface area (Å²) in [6.45, 7) is 5.09. The number of hydrogen-bond acceptors (Lipinski definition) is 4. The van der Waals surface area contributed by atoms with Crippen molar-refractivity contribution in [2.75, 3.05) is 18.4 Å². The van der Waals surface area contributed by atoms with Gasteiger partial charge in [0.05, 0.1) is 0 Å². The first-order valence-electron chi connectivity index (χ1n) is 6.10. The van der Waals surface area contributed by atoms with E-state index in [1.807, 2.05) is 0 Å². The highest BCUT2D eigenvalue weighted by Gasteiger charge is 2.26. The largest absolute Gasteiger partial charge is 0.360 e. The van der Waals surface area contributed by atoms with E-state index in [4.69, 9.17) is 4.52 Å². The summed E-state index contributed by atoms with van der Waals surface area (Å²) in [5.41, 5.74) is 0. The van der Waals surface area contributed by atoms with Crippen LogP contribution in [0.4, 0.5) is 5.82 Å². The fourth-order valence-electron chi connectivity index (χ4n) is 2.11. The molecule has 1 fully saturated rings. The first-order valence-corrected chi connectivity index (χ1v) is 6.10. The zero-order valence-electron chi connectivity index (χ0n) is 10.6. The Balaban J connectivity index is 1.94. The van der Waals surface area contributed by atoms with Crippen LogP contribution < -0.4 is 5.32 Å². The SMILES string of the molecule is Cc1cc(NC(=O)C(=O)N2CCCC(C)C2)no1. The minimum Gasteiger partial charge on any atom is -0.360 e. The predicted octanol–water partition coefficient (Wildman–Crippen LogP) is 1.18. The average molecular weight is 251 g/mol. The molecule has 1 aliphatic heterocycles. The van der Waals surface area contributed by atoms with E-state index in [0.29, 0.717) is 24.8 Å². The first-order chi connectivity index (χ1) is 8.56. The number of carbonyl (C=O) groups is 2. The Labute approximate surface area is 105 Å². The van der Waals surface area contributed by atoms with Crippen molar-refractivity contribution in [1.82, 2.24) is 10.1 Å². The van der Waals surface area contributed by atoms with Crippen molar-refractivity contribution in [3.63, 3.8) is 0 Å². The van der Waals surface area contributed by atoms with Gasteiger partial charge in [0.15, 0.2) is 5.82 Å². The molecule has 1 atom stereocenters. The van der Waals surface area contributed by atoms with Crippen molar-refractivity contribution in [2.24, 2.45) is 5.92 Å². The van der Waals surface area contributed by atoms with E-state index >= 15 is 0 Å². The molecule has 0 bridgehead atoms. The number of aromatic nitrogens is 1. The zero-order chi connectivity index (χ0) is 13.1. The standard InChI is InChI=1S/C12H17N3O3/c1-8-4-3-5-15(7-8)12(17)11(16)13-10-6-9(2)18-14-10/h6,8H,3-5,7H2,1-2H3,(H,13,14,16). The van der Waals surface area contributed by atoms with Crippen LogP contribution in [0.5, 0.6) is 0 Å². The number of likely N-dealkylation sites (tertiary alicyclic amines) is 1. The molecule has 1 N–H and O–H groups in total. The van der Waals surface area contributed by atoms with Crippen LogP contribution in [-0.4, -0.2) is 35.0 Å². The molecule has 2 rings (SSSR count). The van der Waals surface area contributed by atoms with Crippen LogP contribution in [-0.2, 0) is 9.59 Å². The van der Waals surface area contributed by atoms with Gasteiger partial charge in [0.1, 0.15) is 5.76 Å². The second kappa shape index (κ2) is 5.20. The minimum absolute atomic E-state index is 0.274. The Bertz CT molecular complexity index is 455. The molecular weight excluding hydrogens is 234 g/mol. The highest BCUT2D eigenvalue weighted by molar-refractivity contribution is 6.39. The maximum absolute atomic E-state index is 11.9. The third kappa shape index (κ3) is 2.88. The number of hydrogen-bond donors (Lipinski definition) is 1. The summed E-state index contributed by atoms with van der Waals surface area (Å²) in [4.78, 5) is 25.2. The third-order valence-corrected chi connectivity index (χ3v) is 3.01. The molecule has 0 radical (unpaired) electrons. The average Bonchev–Trinajstić information content (AvgIpc) is 2.73. The van der Waals surface area contributed by atoms with Gasteiger partial charge in [-0.05, 0) is 25.7 Å². The van der Waals surface area contributed by atoms with Gasteiger partial charge >= 0.3 is 11.8 Å². The maximum Gasteiger partial charge on any atom is 0.315 e. The molecule has 18 heavy (non-hydrogen) atoms. The molecule has 0 spiro atoms. The summed E-state index contributed by atoms with van der Waals surface area (Å²) in [6, 6.07) is 1.57. The Kier molecular flexibility index (Phi) is 3.64. The number of piperidine rings is 1. The summed E-state index contributed by atoms with van der Waals surface area (Å²) in [7, 11) is 0. The molecule has 1 aromatic heterocycles. The van der Waals surface area contributed by atoms with E-state index in [1.54, 1.807) is 17.9 Å². The highest BCUT2D eigenvalue weighted by Crippen LogP contribution is 2.16. The monoisotopic (exact) mass is 251 g/mol. The van der Waals surface area contributed by atoms with Gasteiger partial charge in [-0.15, -0.1) is 0 Å². The van der Waals surface area contributed by atoms with E-state index in [0.717, 1.165) is 12.8 Å². The molecule has 6 nitrogen and oxygen atoms in total. The van der Waals surface area contributed by atoms with Crippen LogP contribution in [0.15, 0.2) is 10.6 Å². The number of nitrogens with zero attached hydrogens (tertiary/aromatic N) is 2. The molecule has 1 aliphatic rings. The number of nitrogens with one attached hydrogen (secondary N) is 1. The van der Waals surface area contributed by atoms with E-state index in [2.05, 4.69) is 17.4 Å². The van der Waals surface area contributed by atoms with Crippen molar-refractivity contribution < 1.29 is 14.1 Å². The molecule has 1 aromatic rings. The fourth-order valence-corrected chi connectivity index (χ4v) is 2.11. The van der Waals surface area contributed by atoms with Gasteiger partial charge in [-0.25, -0.2) is 0 Å². The number of carbonyl (C=O) groups excluding carboxylic acids is 2. The maximum atomic E-state index is 11.9. The van der Waals surface area contributed by atoms with Crippen molar-refractivity contribution >= 4 is 17.6 Å². The topological polar surface area (TPSA) is 75.4 Å². The minimum atomic E-state index is -0.655. The van der Waals surface area contributed by atoms with Crippen molar-refractivity contribution in [1.29, 1.82) is 0 Å². The van der Waals surface area contributed by atoms with Crippen LogP contribution in [0.25, 0.3) is 0 Å². The molecule has 1 unspecified atom stereocenters. The summed E-state index contributed by atoms with van der Waals surface area (Å²) < 4.78 is 4.82. The van der Waals surface area contributed by atoms with Crippen molar-refractivity contribution in [3.8, 4) is 0 Å². The molecule has 1 saturated heterocycles. The number of anilines is 1. The Morgan fingerprint density at radius 3 is 2.94 bits per heavy atom. The van der Waals surface area contributed by atoms with Gasteiger partial charge in [0.2, 0.25) is 0 Å². The van der Waals surface area contributed by atoms with Gasteiger partial charge in [0, 0.05) is 19.2 Å². The summed E-state index contributed by atoms with van der Waals surface area (Å²) in [6.07, 6.45) is 2.05. The Morgan fingerprint density at radius 1 is 1.56 bits per heavy atom. The number of aryl methyl sites for hydroxylation is 1. The van der Waals surface area contributed by atoms with Gasteiger partial charge in [-0.2, -0.15) is 0 Å². The third-order valence-electron chi connectivity index (χ3n) is 3.01. The molecule has 98 valence electrons. The quantitative estimate of drug-likeness (QED) is 0.760. The normalized spacial score (nSPS) is 19.7. The Morgan fingerprint density at radius 2 is 2.33 bits per heavy atom. The zero-order valence-corrected chi connectivity index (χ0v) is 10.6. The van der Waals surface area contributed by atoms with Crippen molar-refractivity contribution in [3.05, 3.63) is 11.8 Å². The molecule has 2 heterocycles. The fraction of sp³-hybridized carbons (Fsp3) is 0.583. The number of amides is 2. The highest BCUT2D eigenvalue weighted by atomic mass is 16.5. The van der Waals surface area contributed by atoms with E-state index < -0.39 is 11.8 Å². The Hall–Kier alpha value is -1.85. The molecule has 6 heteroatoms. The summed E-state index contributed by atoms with van der Waals surface area (Å²) in [5, 5.41) is 6.06. The lowest BCUT2D eigenvalue weighted by atomic mass is 10.0. The summed E-state index contributed by atoms with van der Waals surface area (Å²) in [5.74, 6) is 0.157. The van der Waals surface area contributed by atoms with Crippen LogP contribution in [0.1, 0.15) is 25.5 Å². The molecular formula is C12H17N3O3. The second-order valence-electron chi connectivity index (χ2n) is 4.78. The van der Waals surface area contributed by atoms with Crippen LogP contribution >= 0.6 is 0 Å². The lowest BCUT2D eigenvalue weighted by Gasteiger charge is -2.30. The smallest absolute Gasteiger partial charge is 0.315 e. The van der Waals surface area contributed by atoms with E-state index in [9.17, 15) is 9.59 Å². The predicted molar refractivity (Wildman–Crippen MR) is 64.8 cm³/mol. The molecule has 0 saturated carbocycles. The van der Waals surface area contributed by atoms with Crippen LogP contribution in [0.3, 0.4) is 0 Å². The lowest BCUT2D eigenvalue weighted by Crippen LogP contribution is -2.44. The number of rotatable bonds is 1. The first kappa shape index (κ1) is 12.6. The van der Waals surface area contributed by atoms with Gasteiger partial charge < -0.3 is 9.42 Å². The van der Waals surface area contributed by atoms with Crippen molar-refractivity contribution in [2.45, 2.75) is 26.7 Å². The van der Waals surface area contributed by atoms with E-state index in [-0.39, 0.29) is 5.82 Å². The molecule has 0 aromatic carbocycles. The molecule has 2 amide bonds. The van der Waals surface area contributed by atoms with Crippen LogP contribution in [0.2, 0.25) is 0 Å². The van der Waals surface area contributed by atoms with Gasteiger partial charge in [-0.3, -0.25) is 14.9 Å². The lowest BCUT2D eigenvalue weighted by molar-refractivity contribution is -0.144. The van der Waals surface area contributed by atoms with Gasteiger partial charge in [0.25, 0.3) is 0 Å². The summed E-state index contributed by atoms with van der Waals surface area (Å²) >= 11 is 0. The van der Waals surface area contributed by atoms with Crippen LogP contribution in [0, 0.1) is 12.8 Å². The molecule has 0 aliphatic carbocycles. The van der Waals surface area contributed by atoms with Gasteiger partial charge in [-0.1, -0.05) is 12.1 Å². The second-order valence-corrected chi connectivity index (χ2v) is 4.78. The van der Waals surface area contributed by atoms with E-state index in [1.165, 1.54) is 0 Å².